The van der Waals surface area contributed by atoms with Gasteiger partial charge in [-0.2, -0.15) is 0 Å². The lowest BCUT2D eigenvalue weighted by Crippen LogP contribution is -2.21. The maximum Gasteiger partial charge on any atom is 0.221 e. The molecule has 3 N–H and O–H groups in total. The molecule has 5 heteroatoms. The van der Waals surface area contributed by atoms with Crippen LogP contribution in [0.3, 0.4) is 0 Å². The number of nitrogens with zero attached hydrogens (tertiary/aromatic N) is 1. The molecule has 0 fully saturated rings. The van der Waals surface area contributed by atoms with E-state index in [1.54, 1.807) is 25.4 Å². The molecule has 1 aromatic heterocycles. The molecule has 1 aromatic carbocycles. The molecule has 2 aromatic rings. The first-order valence-electron chi connectivity index (χ1n) is 5.73. The van der Waals surface area contributed by atoms with Gasteiger partial charge in [0.15, 0.2) is 0 Å². The van der Waals surface area contributed by atoms with Gasteiger partial charge in [-0.25, -0.2) is 4.98 Å². The average molecular weight is 245 g/mol. The Labute approximate surface area is 105 Å². The van der Waals surface area contributed by atoms with Crippen LogP contribution in [0.1, 0.15) is 6.42 Å². The number of aromatic nitrogens is 1. The highest BCUT2D eigenvalue weighted by Gasteiger charge is 2.04. The predicted molar refractivity (Wildman–Crippen MR) is 70.6 cm³/mol. The molecule has 5 nitrogen and oxygen atoms in total. The van der Waals surface area contributed by atoms with E-state index in [2.05, 4.69) is 15.6 Å². The number of amides is 1. The molecule has 2 rings (SSSR count). The van der Waals surface area contributed by atoms with Crippen molar-refractivity contribution in [3.05, 3.63) is 30.5 Å². The van der Waals surface area contributed by atoms with E-state index in [4.69, 9.17) is 0 Å². The number of hydrogen-bond acceptors (Lipinski definition) is 4. The minimum absolute atomic E-state index is 0.0226. The van der Waals surface area contributed by atoms with Crippen molar-refractivity contribution in [1.29, 1.82) is 0 Å². The first kappa shape index (κ1) is 12.2. The Morgan fingerprint density at radius 1 is 1.39 bits per heavy atom. The molecule has 0 radical (unpaired) electrons. The number of hydrogen-bond donors (Lipinski definition) is 3. The fraction of sp³-hybridized carbons (Fsp3) is 0.231. The number of pyridine rings is 1. The molecule has 1 heterocycles. The summed E-state index contributed by atoms with van der Waals surface area (Å²) in [5.41, 5.74) is 0. The fourth-order valence-electron chi connectivity index (χ4n) is 1.72. The number of phenols is 1. The van der Waals surface area contributed by atoms with E-state index < -0.39 is 0 Å². The smallest absolute Gasteiger partial charge is 0.221 e. The number of aromatic hydroxyl groups is 1. The van der Waals surface area contributed by atoms with Gasteiger partial charge in [0, 0.05) is 31.6 Å². The van der Waals surface area contributed by atoms with E-state index in [0.29, 0.717) is 18.8 Å². The molecule has 0 aliphatic carbocycles. The van der Waals surface area contributed by atoms with Crippen LogP contribution < -0.4 is 10.6 Å². The van der Waals surface area contributed by atoms with Crippen molar-refractivity contribution in [1.82, 2.24) is 10.3 Å². The van der Waals surface area contributed by atoms with Crippen molar-refractivity contribution in [3.8, 4) is 5.75 Å². The summed E-state index contributed by atoms with van der Waals surface area (Å²) < 4.78 is 0. The lowest BCUT2D eigenvalue weighted by Gasteiger charge is -2.08. The molecule has 0 bridgehead atoms. The van der Waals surface area contributed by atoms with Crippen molar-refractivity contribution in [2.75, 3.05) is 18.9 Å². The number of carbonyl (C=O) groups is 1. The Balaban J connectivity index is 2.17. The van der Waals surface area contributed by atoms with E-state index in [-0.39, 0.29) is 11.7 Å². The largest absolute Gasteiger partial charge is 0.508 e. The third-order valence-electron chi connectivity index (χ3n) is 2.67. The third kappa shape index (κ3) is 2.68. The van der Waals surface area contributed by atoms with Crippen molar-refractivity contribution >= 4 is 22.5 Å². The van der Waals surface area contributed by atoms with Crippen molar-refractivity contribution in [3.63, 3.8) is 0 Å². The molecule has 0 saturated carbocycles. The van der Waals surface area contributed by atoms with Crippen LogP contribution in [0.15, 0.2) is 30.5 Å². The summed E-state index contributed by atoms with van der Waals surface area (Å²) in [4.78, 5) is 15.3. The van der Waals surface area contributed by atoms with Crippen LogP contribution in [0.4, 0.5) is 5.82 Å². The van der Waals surface area contributed by atoms with Gasteiger partial charge < -0.3 is 15.7 Å². The number of carbonyl (C=O) groups excluding carboxylic acids is 1. The van der Waals surface area contributed by atoms with E-state index in [1.165, 1.54) is 0 Å². The van der Waals surface area contributed by atoms with Gasteiger partial charge in [0.05, 0.1) is 0 Å². The molecule has 0 spiro atoms. The minimum atomic E-state index is -0.0226. The Bertz CT molecular complexity index is 569. The van der Waals surface area contributed by atoms with Gasteiger partial charge >= 0.3 is 0 Å². The first-order valence-corrected chi connectivity index (χ1v) is 5.73. The molecule has 0 atom stereocenters. The van der Waals surface area contributed by atoms with Crippen LogP contribution in [0.5, 0.6) is 5.75 Å². The van der Waals surface area contributed by atoms with Gasteiger partial charge in [-0.15, -0.1) is 0 Å². The zero-order chi connectivity index (χ0) is 13.0. The zero-order valence-electron chi connectivity index (χ0n) is 10.1. The van der Waals surface area contributed by atoms with Gasteiger partial charge in [0.25, 0.3) is 0 Å². The lowest BCUT2D eigenvalue weighted by molar-refractivity contribution is -0.120. The Hall–Kier alpha value is -2.30. The summed E-state index contributed by atoms with van der Waals surface area (Å²) in [7, 11) is 1.61. The van der Waals surface area contributed by atoms with Crippen LogP contribution in [0.2, 0.25) is 0 Å². The summed E-state index contributed by atoms with van der Waals surface area (Å²) in [5.74, 6) is 0.850. The van der Waals surface area contributed by atoms with Crippen LogP contribution in [-0.2, 0) is 4.79 Å². The second kappa shape index (κ2) is 5.35. The highest BCUT2D eigenvalue weighted by atomic mass is 16.3. The molecule has 94 valence electrons. The van der Waals surface area contributed by atoms with Gasteiger partial charge in [-0.1, -0.05) is 6.07 Å². The molecular weight excluding hydrogens is 230 g/mol. The van der Waals surface area contributed by atoms with Crippen molar-refractivity contribution < 1.29 is 9.90 Å². The van der Waals surface area contributed by atoms with Crippen molar-refractivity contribution in [2.24, 2.45) is 0 Å². The third-order valence-corrected chi connectivity index (χ3v) is 2.67. The average Bonchev–Trinajstić information content (AvgIpc) is 2.39. The molecule has 0 unspecified atom stereocenters. The topological polar surface area (TPSA) is 74.2 Å². The number of benzene rings is 1. The summed E-state index contributed by atoms with van der Waals surface area (Å²) in [6, 6.07) is 7.00. The van der Waals surface area contributed by atoms with E-state index in [9.17, 15) is 9.90 Å². The standard InChI is InChI=1S/C13H15N3O2/c1-14-12(18)5-7-16-13-11-8-10(17)3-2-9(11)4-6-15-13/h2-4,6,8,17H,5,7H2,1H3,(H,14,18)(H,15,16). The van der Waals surface area contributed by atoms with Crippen LogP contribution in [0, 0.1) is 0 Å². The highest BCUT2D eigenvalue weighted by molar-refractivity contribution is 5.92. The molecule has 0 aliphatic heterocycles. The second-order valence-electron chi connectivity index (χ2n) is 3.91. The number of phenolic OH excluding ortho intramolecular Hbond substituents is 1. The fourth-order valence-corrected chi connectivity index (χ4v) is 1.72. The quantitative estimate of drug-likeness (QED) is 0.763. The molecule has 0 saturated heterocycles. The van der Waals surface area contributed by atoms with Crippen LogP contribution >= 0.6 is 0 Å². The number of nitrogens with one attached hydrogen (secondary N) is 2. The first-order chi connectivity index (χ1) is 8.70. The summed E-state index contributed by atoms with van der Waals surface area (Å²) in [5, 5.41) is 17.0. The maximum atomic E-state index is 11.1. The highest BCUT2D eigenvalue weighted by Crippen LogP contribution is 2.24. The number of rotatable bonds is 4. The molecule has 0 aliphatic rings. The van der Waals surface area contributed by atoms with Gasteiger partial charge in [0.1, 0.15) is 11.6 Å². The normalized spacial score (nSPS) is 10.3. The maximum absolute atomic E-state index is 11.1. The lowest BCUT2D eigenvalue weighted by atomic mass is 10.1. The monoisotopic (exact) mass is 245 g/mol. The molecular formula is C13H15N3O2. The van der Waals surface area contributed by atoms with Crippen LogP contribution in [-0.4, -0.2) is 29.6 Å². The van der Waals surface area contributed by atoms with Crippen molar-refractivity contribution in [2.45, 2.75) is 6.42 Å². The number of anilines is 1. The van der Waals surface area contributed by atoms with E-state index in [0.717, 1.165) is 10.8 Å². The van der Waals surface area contributed by atoms with Gasteiger partial charge in [0.2, 0.25) is 5.91 Å². The minimum Gasteiger partial charge on any atom is -0.508 e. The molecule has 18 heavy (non-hydrogen) atoms. The Morgan fingerprint density at radius 3 is 3.00 bits per heavy atom. The SMILES string of the molecule is CNC(=O)CCNc1nccc2ccc(O)cc12. The summed E-state index contributed by atoms with van der Waals surface area (Å²) >= 11 is 0. The van der Waals surface area contributed by atoms with E-state index >= 15 is 0 Å². The predicted octanol–water partition coefficient (Wildman–Crippen LogP) is 1.49. The number of fused-ring (bicyclic) bond motifs is 1. The Morgan fingerprint density at radius 2 is 2.22 bits per heavy atom. The zero-order valence-corrected chi connectivity index (χ0v) is 10.1. The van der Waals surface area contributed by atoms with Gasteiger partial charge in [-0.05, 0) is 23.6 Å². The van der Waals surface area contributed by atoms with Crippen LogP contribution in [0.25, 0.3) is 10.8 Å². The van der Waals surface area contributed by atoms with Gasteiger partial charge in [-0.3, -0.25) is 4.79 Å². The second-order valence-corrected chi connectivity index (χ2v) is 3.91. The Kier molecular flexibility index (Phi) is 3.62. The summed E-state index contributed by atoms with van der Waals surface area (Å²) in [6.45, 7) is 0.501. The van der Waals surface area contributed by atoms with E-state index in [1.807, 2.05) is 12.1 Å². The molecule has 1 amide bonds. The summed E-state index contributed by atoms with van der Waals surface area (Å²) in [6.07, 6.45) is 2.08.